The summed E-state index contributed by atoms with van der Waals surface area (Å²) in [6, 6.07) is 6.85. The molecule has 21 heavy (non-hydrogen) atoms. The molecule has 1 aromatic carbocycles. The van der Waals surface area contributed by atoms with Crippen molar-refractivity contribution in [3.8, 4) is 0 Å². The Morgan fingerprint density at radius 3 is 2.86 bits per heavy atom. The Kier molecular flexibility index (Phi) is 5.59. The summed E-state index contributed by atoms with van der Waals surface area (Å²) < 4.78 is 5.46. The molecular formula is C15H19ClN2O3. The fourth-order valence-corrected chi connectivity index (χ4v) is 2.18. The summed E-state index contributed by atoms with van der Waals surface area (Å²) >= 11 is 5.73. The van der Waals surface area contributed by atoms with Crippen molar-refractivity contribution in [1.29, 1.82) is 0 Å². The standard InChI is InChI=1S/C15H19ClN2O3/c1-10(16)14(19)18-13-7-3-2-6-12(13)15(20)17-9-11-5-4-8-21-11/h2-3,6-7,10-11H,4-5,8-9H2,1H3,(H,17,20)(H,18,19)/t10-,11-/m0/s1. The van der Waals surface area contributed by atoms with Crippen LogP contribution in [0.4, 0.5) is 5.69 Å². The highest BCUT2D eigenvalue weighted by molar-refractivity contribution is 6.32. The monoisotopic (exact) mass is 310 g/mol. The first-order valence-electron chi connectivity index (χ1n) is 7.01. The van der Waals surface area contributed by atoms with E-state index >= 15 is 0 Å². The number of nitrogens with one attached hydrogen (secondary N) is 2. The van der Waals surface area contributed by atoms with Crippen LogP contribution in [-0.4, -0.2) is 36.4 Å². The molecule has 1 saturated heterocycles. The molecule has 0 spiro atoms. The Labute approximate surface area is 129 Å². The molecule has 114 valence electrons. The molecule has 2 atom stereocenters. The zero-order valence-corrected chi connectivity index (χ0v) is 12.7. The summed E-state index contributed by atoms with van der Waals surface area (Å²) in [4.78, 5) is 23.9. The minimum Gasteiger partial charge on any atom is -0.376 e. The van der Waals surface area contributed by atoms with Gasteiger partial charge in [0.15, 0.2) is 0 Å². The van der Waals surface area contributed by atoms with Crippen LogP contribution < -0.4 is 10.6 Å². The van der Waals surface area contributed by atoms with Crippen molar-refractivity contribution in [1.82, 2.24) is 5.32 Å². The van der Waals surface area contributed by atoms with Gasteiger partial charge in [0.25, 0.3) is 5.91 Å². The second-order valence-corrected chi connectivity index (χ2v) is 5.65. The van der Waals surface area contributed by atoms with Crippen LogP contribution in [0.15, 0.2) is 24.3 Å². The Bertz CT molecular complexity index is 513. The third-order valence-corrected chi connectivity index (χ3v) is 3.50. The van der Waals surface area contributed by atoms with Crippen molar-refractivity contribution in [3.05, 3.63) is 29.8 Å². The lowest BCUT2D eigenvalue weighted by Gasteiger charge is -2.14. The maximum absolute atomic E-state index is 12.2. The Morgan fingerprint density at radius 1 is 1.43 bits per heavy atom. The summed E-state index contributed by atoms with van der Waals surface area (Å²) in [5.74, 6) is -0.570. The molecule has 1 aromatic rings. The molecule has 5 nitrogen and oxygen atoms in total. The van der Waals surface area contributed by atoms with E-state index in [-0.39, 0.29) is 17.9 Å². The van der Waals surface area contributed by atoms with Gasteiger partial charge >= 0.3 is 0 Å². The van der Waals surface area contributed by atoms with Crippen LogP contribution in [0.1, 0.15) is 30.1 Å². The van der Waals surface area contributed by atoms with Gasteiger partial charge in [0.05, 0.1) is 17.4 Å². The number of ether oxygens (including phenoxy) is 1. The van der Waals surface area contributed by atoms with Gasteiger partial charge in [0, 0.05) is 13.2 Å². The van der Waals surface area contributed by atoms with Crippen LogP contribution in [0.5, 0.6) is 0 Å². The molecule has 6 heteroatoms. The molecule has 0 aliphatic carbocycles. The van der Waals surface area contributed by atoms with Crippen LogP contribution in [0.2, 0.25) is 0 Å². The van der Waals surface area contributed by atoms with Crippen LogP contribution in [0.3, 0.4) is 0 Å². The number of hydrogen-bond donors (Lipinski definition) is 2. The van der Waals surface area contributed by atoms with Crippen LogP contribution in [-0.2, 0) is 9.53 Å². The SMILES string of the molecule is C[C@H](Cl)C(=O)Nc1ccccc1C(=O)NC[C@@H]1CCCO1. The van der Waals surface area contributed by atoms with Gasteiger partial charge in [0.1, 0.15) is 5.38 Å². The summed E-state index contributed by atoms with van der Waals surface area (Å²) in [5.41, 5.74) is 0.876. The molecule has 1 heterocycles. The van der Waals surface area contributed by atoms with E-state index in [2.05, 4.69) is 10.6 Å². The normalized spacial score (nSPS) is 19.0. The van der Waals surface area contributed by atoms with Crippen molar-refractivity contribution in [3.63, 3.8) is 0 Å². The van der Waals surface area contributed by atoms with Crippen LogP contribution >= 0.6 is 11.6 Å². The lowest BCUT2D eigenvalue weighted by atomic mass is 10.1. The molecule has 0 unspecified atom stereocenters. The summed E-state index contributed by atoms with van der Waals surface area (Å²) in [6.45, 7) is 2.81. The van der Waals surface area contributed by atoms with Crippen LogP contribution in [0.25, 0.3) is 0 Å². The van der Waals surface area contributed by atoms with Gasteiger partial charge in [-0.25, -0.2) is 0 Å². The van der Waals surface area contributed by atoms with Crippen molar-refractivity contribution in [2.45, 2.75) is 31.2 Å². The first-order valence-corrected chi connectivity index (χ1v) is 7.45. The second-order valence-electron chi connectivity index (χ2n) is 5.00. The lowest BCUT2D eigenvalue weighted by molar-refractivity contribution is -0.115. The van der Waals surface area contributed by atoms with Gasteiger partial charge < -0.3 is 15.4 Å². The average molecular weight is 311 g/mol. The largest absolute Gasteiger partial charge is 0.376 e. The van der Waals surface area contributed by atoms with Crippen LogP contribution in [0, 0.1) is 0 Å². The van der Waals surface area contributed by atoms with Gasteiger partial charge in [-0.05, 0) is 31.9 Å². The molecule has 0 radical (unpaired) electrons. The number of anilines is 1. The molecule has 0 aromatic heterocycles. The van der Waals surface area contributed by atoms with E-state index < -0.39 is 5.38 Å². The number of amides is 2. The van der Waals surface area contributed by atoms with Crippen molar-refractivity contribution in [2.24, 2.45) is 0 Å². The maximum Gasteiger partial charge on any atom is 0.253 e. The Morgan fingerprint density at radius 2 is 2.19 bits per heavy atom. The minimum absolute atomic E-state index is 0.0820. The number of rotatable bonds is 5. The highest BCUT2D eigenvalue weighted by Crippen LogP contribution is 2.16. The fraction of sp³-hybridized carbons (Fsp3) is 0.467. The van der Waals surface area contributed by atoms with E-state index in [0.717, 1.165) is 19.4 Å². The van der Waals surface area contributed by atoms with Crippen molar-refractivity contribution < 1.29 is 14.3 Å². The zero-order chi connectivity index (χ0) is 15.2. The third-order valence-electron chi connectivity index (χ3n) is 3.31. The summed E-state index contributed by atoms with van der Waals surface area (Å²) in [5, 5.41) is 4.83. The highest BCUT2D eigenvalue weighted by atomic mass is 35.5. The van der Waals surface area contributed by atoms with Gasteiger partial charge in [-0.3, -0.25) is 9.59 Å². The molecule has 2 rings (SSSR count). The van der Waals surface area contributed by atoms with E-state index in [0.29, 0.717) is 17.8 Å². The average Bonchev–Trinajstić information content (AvgIpc) is 2.98. The molecule has 2 amide bonds. The first kappa shape index (κ1) is 15.8. The number of halogens is 1. The number of hydrogen-bond acceptors (Lipinski definition) is 3. The van der Waals surface area contributed by atoms with Gasteiger partial charge in [-0.1, -0.05) is 12.1 Å². The van der Waals surface area contributed by atoms with E-state index in [4.69, 9.17) is 16.3 Å². The molecule has 0 saturated carbocycles. The molecule has 0 bridgehead atoms. The van der Waals surface area contributed by atoms with E-state index in [1.165, 1.54) is 0 Å². The highest BCUT2D eigenvalue weighted by Gasteiger charge is 2.19. The Hall–Kier alpha value is -1.59. The smallest absolute Gasteiger partial charge is 0.253 e. The Balaban J connectivity index is 2.00. The summed E-state index contributed by atoms with van der Waals surface area (Å²) in [6.07, 6.45) is 2.07. The van der Waals surface area contributed by atoms with Crippen molar-refractivity contribution in [2.75, 3.05) is 18.5 Å². The number of alkyl halides is 1. The number of benzene rings is 1. The van der Waals surface area contributed by atoms with E-state index in [9.17, 15) is 9.59 Å². The predicted molar refractivity (Wildman–Crippen MR) is 81.7 cm³/mol. The fourth-order valence-electron chi connectivity index (χ4n) is 2.13. The quantitative estimate of drug-likeness (QED) is 0.819. The second kappa shape index (κ2) is 7.43. The lowest BCUT2D eigenvalue weighted by Crippen LogP contribution is -2.32. The molecule has 2 N–H and O–H groups in total. The molecule has 1 aliphatic heterocycles. The van der Waals surface area contributed by atoms with Gasteiger partial charge in [-0.15, -0.1) is 11.6 Å². The number of para-hydroxylation sites is 1. The molecule has 1 fully saturated rings. The van der Waals surface area contributed by atoms with Gasteiger partial charge in [-0.2, -0.15) is 0 Å². The summed E-state index contributed by atoms with van der Waals surface area (Å²) in [7, 11) is 0. The topological polar surface area (TPSA) is 67.4 Å². The third kappa shape index (κ3) is 4.44. The molecule has 1 aliphatic rings. The van der Waals surface area contributed by atoms with Gasteiger partial charge in [0.2, 0.25) is 5.91 Å². The van der Waals surface area contributed by atoms with E-state index in [1.807, 2.05) is 0 Å². The van der Waals surface area contributed by atoms with E-state index in [1.54, 1.807) is 31.2 Å². The number of carbonyl (C=O) groups excluding carboxylic acids is 2. The number of carbonyl (C=O) groups is 2. The minimum atomic E-state index is -0.659. The first-order chi connectivity index (χ1) is 10.1. The zero-order valence-electron chi connectivity index (χ0n) is 11.9. The predicted octanol–water partition coefficient (Wildman–Crippen LogP) is 2.16. The van der Waals surface area contributed by atoms with Crippen molar-refractivity contribution >= 4 is 29.1 Å². The maximum atomic E-state index is 12.2. The molecular weight excluding hydrogens is 292 g/mol.